The second-order valence-corrected chi connectivity index (χ2v) is 6.29. The van der Waals surface area contributed by atoms with E-state index in [1.54, 1.807) is 18.4 Å². The molecule has 0 amide bonds. The van der Waals surface area contributed by atoms with Crippen LogP contribution in [0.5, 0.6) is 0 Å². The Morgan fingerprint density at radius 1 is 1.28 bits per heavy atom. The molecule has 0 radical (unpaired) electrons. The summed E-state index contributed by atoms with van der Waals surface area (Å²) in [6.07, 6.45) is 1.27. The van der Waals surface area contributed by atoms with Gasteiger partial charge in [-0.2, -0.15) is 9.50 Å². The maximum atomic E-state index is 9.51. The van der Waals surface area contributed by atoms with Crippen LogP contribution in [0, 0.1) is 0 Å². The average Bonchev–Trinajstić information content (AvgIpc) is 3.24. The maximum absolute atomic E-state index is 9.51. The first kappa shape index (κ1) is 15.9. The Balaban J connectivity index is 1.57. The fourth-order valence-electron chi connectivity index (χ4n) is 3.10. The number of β-amino-alcohol motifs (C(OH)–C–C–N with tert-alkyl or cyclic N) is 1. The first-order valence-corrected chi connectivity index (χ1v) is 8.32. The van der Waals surface area contributed by atoms with Crippen LogP contribution < -0.4 is 10.6 Å². The summed E-state index contributed by atoms with van der Waals surface area (Å²) in [5.41, 5.74) is 6.71. The molecule has 3 aromatic rings. The minimum absolute atomic E-state index is 0.296. The monoisotopic (exact) mass is 343 g/mol. The maximum Gasteiger partial charge on any atom is 0.225 e. The average molecular weight is 343 g/mol. The molecule has 0 bridgehead atoms. The molecule has 1 aliphatic rings. The molecule has 1 aliphatic heterocycles. The molecule has 9 heteroatoms. The van der Waals surface area contributed by atoms with Gasteiger partial charge in [-0.25, -0.2) is 4.98 Å². The van der Waals surface area contributed by atoms with E-state index >= 15 is 0 Å². The lowest BCUT2D eigenvalue weighted by Crippen LogP contribution is -2.48. The van der Waals surface area contributed by atoms with Gasteiger partial charge in [-0.15, -0.1) is 5.10 Å². The zero-order chi connectivity index (χ0) is 17.4. The lowest BCUT2D eigenvalue weighted by molar-refractivity contribution is 0.122. The van der Waals surface area contributed by atoms with E-state index in [2.05, 4.69) is 24.9 Å². The summed E-state index contributed by atoms with van der Waals surface area (Å²) in [5, 5.41) is 13.9. The van der Waals surface area contributed by atoms with Gasteiger partial charge in [0.2, 0.25) is 11.8 Å². The molecule has 1 fully saturated rings. The van der Waals surface area contributed by atoms with Crippen LogP contribution in [0.3, 0.4) is 0 Å². The molecule has 0 aliphatic carbocycles. The first-order chi connectivity index (χ1) is 12.1. The van der Waals surface area contributed by atoms with Crippen LogP contribution in [-0.2, 0) is 0 Å². The van der Waals surface area contributed by atoms with Crippen molar-refractivity contribution in [1.29, 1.82) is 0 Å². The Hall–Kier alpha value is -2.65. The second-order valence-electron chi connectivity index (χ2n) is 6.29. The summed E-state index contributed by atoms with van der Waals surface area (Å²) < 4.78 is 6.86. The third-order valence-corrected chi connectivity index (χ3v) is 4.30. The van der Waals surface area contributed by atoms with Gasteiger partial charge in [0.05, 0.1) is 12.4 Å². The van der Waals surface area contributed by atoms with Crippen molar-refractivity contribution in [3.63, 3.8) is 0 Å². The molecule has 1 saturated heterocycles. The summed E-state index contributed by atoms with van der Waals surface area (Å²) in [5.74, 6) is 2.16. The van der Waals surface area contributed by atoms with Gasteiger partial charge in [0.25, 0.3) is 0 Å². The molecule has 0 aromatic carbocycles. The highest BCUT2D eigenvalue weighted by Crippen LogP contribution is 2.22. The van der Waals surface area contributed by atoms with Crippen LogP contribution in [-0.4, -0.2) is 68.4 Å². The number of nitrogens with two attached hydrogens (primary N) is 1. The van der Waals surface area contributed by atoms with Crippen LogP contribution in [0.1, 0.15) is 6.92 Å². The molecule has 0 spiro atoms. The number of aliphatic hydroxyl groups is 1. The molecular weight excluding hydrogens is 322 g/mol. The molecule has 1 atom stereocenters. The van der Waals surface area contributed by atoms with Gasteiger partial charge < -0.3 is 20.2 Å². The molecule has 4 heterocycles. The van der Waals surface area contributed by atoms with E-state index in [9.17, 15) is 5.11 Å². The smallest absolute Gasteiger partial charge is 0.225 e. The summed E-state index contributed by atoms with van der Waals surface area (Å²) in [6.45, 7) is 5.91. The van der Waals surface area contributed by atoms with Gasteiger partial charge in [-0.3, -0.25) is 4.90 Å². The number of nitrogen functional groups attached to an aromatic ring is 1. The predicted octanol–water partition coefficient (Wildman–Crippen LogP) is 0.469. The van der Waals surface area contributed by atoms with Crippen LogP contribution >= 0.6 is 0 Å². The zero-order valence-electron chi connectivity index (χ0n) is 14.0. The van der Waals surface area contributed by atoms with Crippen molar-refractivity contribution in [2.24, 2.45) is 0 Å². The molecule has 0 saturated carbocycles. The number of rotatable bonds is 4. The Morgan fingerprint density at radius 3 is 2.76 bits per heavy atom. The van der Waals surface area contributed by atoms with Crippen molar-refractivity contribution in [2.75, 3.05) is 43.4 Å². The highest BCUT2D eigenvalue weighted by Gasteiger charge is 2.21. The second kappa shape index (κ2) is 6.34. The lowest BCUT2D eigenvalue weighted by atomic mass is 10.2. The largest absolute Gasteiger partial charge is 0.461 e. The molecule has 3 aromatic heterocycles. The van der Waals surface area contributed by atoms with Crippen LogP contribution in [0.4, 0.5) is 11.8 Å². The van der Waals surface area contributed by atoms with Gasteiger partial charge in [0.15, 0.2) is 11.4 Å². The number of aromatic nitrogens is 4. The van der Waals surface area contributed by atoms with E-state index in [0.29, 0.717) is 29.7 Å². The normalized spacial score (nSPS) is 17.3. The molecule has 4 rings (SSSR count). The SMILES string of the molecule is CC(O)CN1CCN(c2cc3nc(-c4ccco4)nn3c(N)n2)CC1. The first-order valence-electron chi connectivity index (χ1n) is 8.32. The van der Waals surface area contributed by atoms with E-state index in [-0.39, 0.29) is 6.10 Å². The molecule has 9 nitrogen and oxygen atoms in total. The van der Waals surface area contributed by atoms with Crippen molar-refractivity contribution < 1.29 is 9.52 Å². The molecule has 25 heavy (non-hydrogen) atoms. The van der Waals surface area contributed by atoms with Gasteiger partial charge in [-0.1, -0.05) is 0 Å². The van der Waals surface area contributed by atoms with Crippen molar-refractivity contribution in [2.45, 2.75) is 13.0 Å². The van der Waals surface area contributed by atoms with Crippen LogP contribution in [0.15, 0.2) is 28.9 Å². The summed E-state index contributed by atoms with van der Waals surface area (Å²) in [7, 11) is 0. The summed E-state index contributed by atoms with van der Waals surface area (Å²) >= 11 is 0. The zero-order valence-corrected chi connectivity index (χ0v) is 14.0. The van der Waals surface area contributed by atoms with Crippen molar-refractivity contribution in [3.05, 3.63) is 24.5 Å². The van der Waals surface area contributed by atoms with Crippen LogP contribution in [0.2, 0.25) is 0 Å². The molecule has 132 valence electrons. The highest BCUT2D eigenvalue weighted by molar-refractivity contribution is 5.59. The standard InChI is InChI=1S/C16H21N7O2/c1-11(24)10-21-4-6-22(7-5-21)13-9-14-18-15(12-3-2-8-25-12)20-23(14)16(17)19-13/h2-3,8-9,11,24H,4-7,10H2,1H3,(H2,17,19). The number of hydrogen-bond donors (Lipinski definition) is 2. The Bertz CT molecular complexity index is 851. The predicted molar refractivity (Wildman–Crippen MR) is 93.2 cm³/mol. The van der Waals surface area contributed by atoms with Crippen molar-refractivity contribution >= 4 is 17.4 Å². The summed E-state index contributed by atoms with van der Waals surface area (Å²) in [6, 6.07) is 5.49. The van der Waals surface area contributed by atoms with Crippen molar-refractivity contribution in [3.8, 4) is 11.6 Å². The van der Waals surface area contributed by atoms with E-state index in [1.165, 1.54) is 4.52 Å². The van der Waals surface area contributed by atoms with E-state index in [4.69, 9.17) is 10.2 Å². The number of furan rings is 1. The fraction of sp³-hybridized carbons (Fsp3) is 0.438. The van der Waals surface area contributed by atoms with E-state index < -0.39 is 0 Å². The Morgan fingerprint density at radius 2 is 2.08 bits per heavy atom. The quantitative estimate of drug-likeness (QED) is 0.704. The van der Waals surface area contributed by atoms with Crippen molar-refractivity contribution in [1.82, 2.24) is 24.5 Å². The Labute approximate surface area is 144 Å². The van der Waals surface area contributed by atoms with E-state index in [0.717, 1.165) is 32.0 Å². The number of anilines is 2. The van der Waals surface area contributed by atoms with Gasteiger partial charge in [-0.05, 0) is 19.1 Å². The number of piperazine rings is 1. The van der Waals surface area contributed by atoms with Gasteiger partial charge in [0.1, 0.15) is 5.82 Å². The third kappa shape index (κ3) is 3.15. The lowest BCUT2D eigenvalue weighted by Gasteiger charge is -2.35. The fourth-order valence-corrected chi connectivity index (χ4v) is 3.10. The molecule has 1 unspecified atom stereocenters. The van der Waals surface area contributed by atoms with E-state index in [1.807, 2.05) is 13.0 Å². The molecule has 3 N–H and O–H groups in total. The minimum atomic E-state index is -0.312. The van der Waals surface area contributed by atoms with Gasteiger partial charge in [0, 0.05) is 38.8 Å². The Kier molecular flexibility index (Phi) is 4.02. The number of nitrogens with zero attached hydrogens (tertiary/aromatic N) is 6. The van der Waals surface area contributed by atoms with Gasteiger partial charge >= 0.3 is 0 Å². The summed E-state index contributed by atoms with van der Waals surface area (Å²) in [4.78, 5) is 13.4. The molecular formula is C16H21N7O2. The number of fused-ring (bicyclic) bond motifs is 1. The third-order valence-electron chi connectivity index (χ3n) is 4.30. The highest BCUT2D eigenvalue weighted by atomic mass is 16.3. The minimum Gasteiger partial charge on any atom is -0.461 e. The van der Waals surface area contributed by atoms with Crippen LogP contribution in [0.25, 0.3) is 17.2 Å². The topological polar surface area (TPSA) is 109 Å². The number of aliphatic hydroxyl groups excluding tert-OH is 1. The number of hydrogen-bond acceptors (Lipinski definition) is 8.